The molecule has 1 aliphatic carbocycles. The number of hydrogen-bond acceptors (Lipinski definition) is 7. The highest BCUT2D eigenvalue weighted by molar-refractivity contribution is 8.01. The van der Waals surface area contributed by atoms with Crippen molar-refractivity contribution in [2.45, 2.75) is 29.8 Å². The van der Waals surface area contributed by atoms with Crippen molar-refractivity contribution in [3.8, 4) is 5.75 Å². The van der Waals surface area contributed by atoms with Gasteiger partial charge in [-0.2, -0.15) is 0 Å². The van der Waals surface area contributed by atoms with Gasteiger partial charge in [0.1, 0.15) is 5.75 Å². The van der Waals surface area contributed by atoms with Crippen LogP contribution in [0.2, 0.25) is 0 Å². The predicted octanol–water partition coefficient (Wildman–Crippen LogP) is 4.02. The van der Waals surface area contributed by atoms with Gasteiger partial charge in [0.25, 0.3) is 0 Å². The van der Waals surface area contributed by atoms with Crippen LogP contribution in [0, 0.1) is 0 Å². The van der Waals surface area contributed by atoms with Gasteiger partial charge in [0.15, 0.2) is 4.34 Å². The highest BCUT2D eigenvalue weighted by Crippen LogP contribution is 2.30. The van der Waals surface area contributed by atoms with Gasteiger partial charge in [0, 0.05) is 19.6 Å². The van der Waals surface area contributed by atoms with Crippen molar-refractivity contribution in [1.29, 1.82) is 0 Å². The molecule has 28 heavy (non-hydrogen) atoms. The van der Waals surface area contributed by atoms with E-state index in [0.29, 0.717) is 18.3 Å². The number of thioether (sulfide) groups is 1. The number of methoxy groups -OCH3 is 1. The van der Waals surface area contributed by atoms with Gasteiger partial charge in [-0.1, -0.05) is 41.3 Å². The molecule has 0 bridgehead atoms. The van der Waals surface area contributed by atoms with Crippen molar-refractivity contribution >= 4 is 44.9 Å². The maximum Gasteiger partial charge on any atom is 0.233 e. The third-order valence-corrected chi connectivity index (χ3v) is 6.56. The van der Waals surface area contributed by atoms with Crippen molar-refractivity contribution in [3.05, 3.63) is 42.0 Å². The van der Waals surface area contributed by atoms with Gasteiger partial charge in [-0.05, 0) is 47.4 Å². The number of nitrogens with zero attached hydrogens (tertiary/aromatic N) is 3. The van der Waals surface area contributed by atoms with E-state index >= 15 is 0 Å². The third kappa shape index (κ3) is 4.74. The molecular formula is C20H22N4O2S2. The molecule has 1 heterocycles. The average Bonchev–Trinajstić information content (AvgIpc) is 3.41. The Labute approximate surface area is 172 Å². The molecule has 3 aromatic rings. The van der Waals surface area contributed by atoms with Crippen LogP contribution in [0.25, 0.3) is 10.8 Å². The summed E-state index contributed by atoms with van der Waals surface area (Å²) in [6.07, 6.45) is 2.40. The largest absolute Gasteiger partial charge is 0.497 e. The highest BCUT2D eigenvalue weighted by atomic mass is 32.2. The van der Waals surface area contributed by atoms with Crippen LogP contribution in [-0.2, 0) is 11.3 Å². The van der Waals surface area contributed by atoms with E-state index in [-0.39, 0.29) is 5.91 Å². The lowest BCUT2D eigenvalue weighted by molar-refractivity contribution is -0.127. The first-order valence-corrected chi connectivity index (χ1v) is 10.9. The second-order valence-electron chi connectivity index (χ2n) is 6.88. The van der Waals surface area contributed by atoms with Crippen LogP contribution in [0.15, 0.2) is 40.7 Å². The fourth-order valence-electron chi connectivity index (χ4n) is 2.82. The topological polar surface area (TPSA) is 67.3 Å². The number of amides is 1. The monoisotopic (exact) mass is 414 g/mol. The minimum Gasteiger partial charge on any atom is -0.497 e. The number of nitrogens with one attached hydrogen (secondary N) is 1. The molecule has 1 saturated carbocycles. The van der Waals surface area contributed by atoms with Crippen LogP contribution < -0.4 is 10.1 Å². The standard InChI is InChI=1S/C20H22N4O2S2/c1-24(11-13-3-4-15-10-17(26-2)8-5-14(15)9-13)18(25)12-27-20-23-22-19(28-20)21-16-6-7-16/h3-5,8-10,16H,6-7,11-12H2,1-2H3,(H,21,22). The van der Waals surface area contributed by atoms with Crippen LogP contribution >= 0.6 is 23.1 Å². The second-order valence-corrected chi connectivity index (χ2v) is 9.08. The normalized spacial score (nSPS) is 13.5. The van der Waals surface area contributed by atoms with Crippen LogP contribution in [-0.4, -0.2) is 47.0 Å². The van der Waals surface area contributed by atoms with Crippen LogP contribution in [0.1, 0.15) is 18.4 Å². The van der Waals surface area contributed by atoms with Crippen molar-refractivity contribution in [1.82, 2.24) is 15.1 Å². The first-order chi connectivity index (χ1) is 13.6. The molecule has 0 unspecified atom stereocenters. The number of fused-ring (bicyclic) bond motifs is 1. The summed E-state index contributed by atoms with van der Waals surface area (Å²) < 4.78 is 6.09. The van der Waals surface area contributed by atoms with Crippen molar-refractivity contribution in [2.75, 3.05) is 25.2 Å². The van der Waals surface area contributed by atoms with Gasteiger partial charge < -0.3 is 15.0 Å². The molecule has 0 saturated heterocycles. The van der Waals surface area contributed by atoms with E-state index in [0.717, 1.165) is 31.6 Å². The number of carbonyl (C=O) groups excluding carboxylic acids is 1. The zero-order chi connectivity index (χ0) is 19.5. The third-order valence-electron chi connectivity index (χ3n) is 4.59. The summed E-state index contributed by atoms with van der Waals surface area (Å²) >= 11 is 2.95. The van der Waals surface area contributed by atoms with E-state index in [1.54, 1.807) is 12.0 Å². The number of ether oxygens (including phenoxy) is 1. The molecule has 2 aromatic carbocycles. The molecule has 1 N–H and O–H groups in total. The van der Waals surface area contributed by atoms with Gasteiger partial charge >= 0.3 is 0 Å². The fourth-order valence-corrected chi connectivity index (χ4v) is 4.59. The molecule has 0 radical (unpaired) electrons. The van der Waals surface area contributed by atoms with Gasteiger partial charge in [-0.15, -0.1) is 10.2 Å². The minimum atomic E-state index is 0.0757. The average molecular weight is 415 g/mol. The number of hydrogen-bond donors (Lipinski definition) is 1. The number of benzene rings is 2. The Kier molecular flexibility index (Phi) is 5.68. The molecule has 1 amide bonds. The summed E-state index contributed by atoms with van der Waals surface area (Å²) in [7, 11) is 3.50. The highest BCUT2D eigenvalue weighted by Gasteiger charge is 2.22. The lowest BCUT2D eigenvalue weighted by Crippen LogP contribution is -2.27. The van der Waals surface area contributed by atoms with Crippen LogP contribution in [0.4, 0.5) is 5.13 Å². The molecular weight excluding hydrogens is 392 g/mol. The zero-order valence-corrected chi connectivity index (χ0v) is 17.5. The Morgan fingerprint density at radius 2 is 2.04 bits per heavy atom. The molecule has 0 spiro atoms. The van der Waals surface area contributed by atoms with E-state index in [4.69, 9.17) is 4.74 Å². The molecule has 1 aromatic heterocycles. The summed E-state index contributed by atoms with van der Waals surface area (Å²) in [5, 5.41) is 14.7. The lowest BCUT2D eigenvalue weighted by atomic mass is 10.1. The molecule has 8 heteroatoms. The number of anilines is 1. The Morgan fingerprint density at radius 3 is 2.82 bits per heavy atom. The van der Waals surface area contributed by atoms with E-state index in [2.05, 4.69) is 33.7 Å². The molecule has 146 valence electrons. The van der Waals surface area contributed by atoms with Crippen molar-refractivity contribution in [2.24, 2.45) is 0 Å². The number of carbonyl (C=O) groups is 1. The molecule has 0 atom stereocenters. The molecule has 4 rings (SSSR count). The Balaban J connectivity index is 1.32. The lowest BCUT2D eigenvalue weighted by Gasteiger charge is -2.17. The smallest absolute Gasteiger partial charge is 0.233 e. The first-order valence-electron chi connectivity index (χ1n) is 9.14. The summed E-state index contributed by atoms with van der Waals surface area (Å²) in [6.45, 7) is 0.575. The summed E-state index contributed by atoms with van der Waals surface area (Å²) in [4.78, 5) is 14.2. The SMILES string of the molecule is COc1ccc2cc(CN(C)C(=O)CSc3nnc(NC4CC4)s3)ccc2c1. The Bertz CT molecular complexity index is 987. The molecule has 1 fully saturated rings. The summed E-state index contributed by atoms with van der Waals surface area (Å²) in [5.74, 6) is 1.28. The van der Waals surface area contributed by atoms with E-state index < -0.39 is 0 Å². The fraction of sp³-hybridized carbons (Fsp3) is 0.350. The van der Waals surface area contributed by atoms with Gasteiger partial charge in [-0.25, -0.2) is 0 Å². The van der Waals surface area contributed by atoms with Gasteiger partial charge in [0.2, 0.25) is 11.0 Å². The predicted molar refractivity (Wildman–Crippen MR) is 114 cm³/mol. The Hall–Kier alpha value is -2.32. The molecule has 0 aliphatic heterocycles. The zero-order valence-electron chi connectivity index (χ0n) is 15.8. The Morgan fingerprint density at radius 1 is 1.25 bits per heavy atom. The molecule has 6 nitrogen and oxygen atoms in total. The summed E-state index contributed by atoms with van der Waals surface area (Å²) in [6, 6.07) is 12.8. The van der Waals surface area contributed by atoms with Crippen molar-refractivity contribution < 1.29 is 9.53 Å². The quantitative estimate of drug-likeness (QED) is 0.562. The second kappa shape index (κ2) is 8.36. The maximum absolute atomic E-state index is 12.5. The van der Waals surface area contributed by atoms with Crippen molar-refractivity contribution in [3.63, 3.8) is 0 Å². The number of aromatic nitrogens is 2. The van der Waals surface area contributed by atoms with Crippen LogP contribution in [0.5, 0.6) is 5.75 Å². The van der Waals surface area contributed by atoms with Crippen LogP contribution in [0.3, 0.4) is 0 Å². The van der Waals surface area contributed by atoms with E-state index in [9.17, 15) is 4.79 Å². The van der Waals surface area contributed by atoms with Gasteiger partial charge in [-0.3, -0.25) is 4.79 Å². The number of rotatable bonds is 8. The van der Waals surface area contributed by atoms with Gasteiger partial charge in [0.05, 0.1) is 12.9 Å². The minimum absolute atomic E-state index is 0.0757. The van der Waals surface area contributed by atoms with E-state index in [1.807, 2.05) is 25.2 Å². The maximum atomic E-state index is 12.5. The molecule has 1 aliphatic rings. The first kappa shape index (κ1) is 19.0. The summed E-state index contributed by atoms with van der Waals surface area (Å²) in [5.41, 5.74) is 1.10. The van der Waals surface area contributed by atoms with E-state index in [1.165, 1.54) is 35.9 Å².